The summed E-state index contributed by atoms with van der Waals surface area (Å²) in [4.78, 5) is 18.8. The Kier molecular flexibility index (Phi) is 6.58. The van der Waals surface area contributed by atoms with E-state index < -0.39 is 16.1 Å². The van der Waals surface area contributed by atoms with Crippen LogP contribution < -0.4 is 5.32 Å². The molecule has 1 saturated heterocycles. The Bertz CT molecular complexity index is 1000. The number of benzene rings is 1. The second-order valence-corrected chi connectivity index (χ2v) is 9.48. The summed E-state index contributed by atoms with van der Waals surface area (Å²) in [5.74, 6) is -0.203. The highest BCUT2D eigenvalue weighted by molar-refractivity contribution is 7.89. The molecular weight excluding hydrogens is 412 g/mol. The molecule has 0 aliphatic carbocycles. The average molecular weight is 437 g/mol. The van der Waals surface area contributed by atoms with Crippen molar-refractivity contribution in [2.75, 3.05) is 31.5 Å². The molecule has 7 nitrogen and oxygen atoms in total. The molecule has 156 valence electrons. The highest BCUT2D eigenvalue weighted by Crippen LogP contribution is 2.23. The lowest BCUT2D eigenvalue weighted by Crippen LogP contribution is -2.54. The van der Waals surface area contributed by atoms with E-state index in [9.17, 15) is 13.2 Å². The van der Waals surface area contributed by atoms with Gasteiger partial charge < -0.3 is 5.32 Å². The first-order valence-corrected chi connectivity index (χ1v) is 11.2. The second kappa shape index (κ2) is 8.79. The predicted octanol–water partition coefficient (Wildman–Crippen LogP) is 2.69. The molecule has 1 N–H and O–H groups in total. The van der Waals surface area contributed by atoms with Gasteiger partial charge >= 0.3 is 0 Å². The van der Waals surface area contributed by atoms with Crippen molar-refractivity contribution in [2.45, 2.75) is 31.7 Å². The van der Waals surface area contributed by atoms with E-state index in [0.29, 0.717) is 36.8 Å². The standard InChI is InChI=1S/C20H25ClN4O3S/c1-14-6-7-18(15(2)13-14)29(27,28)25-11-9-24(10-12-25)16(3)20(26)23-17-5-4-8-22-19(17)21/h4-8,13,16H,9-12H2,1-3H3,(H,23,26)/t16-/m0/s1. The van der Waals surface area contributed by atoms with Crippen LogP contribution in [0.1, 0.15) is 18.1 Å². The van der Waals surface area contributed by atoms with Crippen molar-refractivity contribution in [1.82, 2.24) is 14.2 Å². The molecule has 1 aliphatic heterocycles. The number of piperazine rings is 1. The minimum atomic E-state index is -3.55. The van der Waals surface area contributed by atoms with E-state index in [1.165, 1.54) is 4.31 Å². The van der Waals surface area contributed by atoms with Crippen LogP contribution in [0.5, 0.6) is 0 Å². The van der Waals surface area contributed by atoms with Crippen LogP contribution in [0.4, 0.5) is 5.69 Å². The molecule has 2 aromatic rings. The van der Waals surface area contributed by atoms with E-state index in [1.807, 2.05) is 30.9 Å². The van der Waals surface area contributed by atoms with Crippen molar-refractivity contribution < 1.29 is 13.2 Å². The summed E-state index contributed by atoms with van der Waals surface area (Å²) >= 11 is 6.00. The molecule has 1 atom stereocenters. The SMILES string of the molecule is Cc1ccc(S(=O)(=O)N2CCN([C@@H](C)C(=O)Nc3cccnc3Cl)CC2)c(C)c1. The third-order valence-corrected chi connectivity index (χ3v) is 7.53. The van der Waals surface area contributed by atoms with Gasteiger partial charge in [-0.1, -0.05) is 29.3 Å². The molecule has 0 unspecified atom stereocenters. The Hall–Kier alpha value is -2.00. The smallest absolute Gasteiger partial charge is 0.243 e. The number of rotatable bonds is 5. The lowest BCUT2D eigenvalue weighted by Gasteiger charge is -2.36. The molecule has 1 aromatic heterocycles. The molecule has 0 bridgehead atoms. The van der Waals surface area contributed by atoms with E-state index >= 15 is 0 Å². The maximum absolute atomic E-state index is 13.0. The maximum atomic E-state index is 13.0. The van der Waals surface area contributed by atoms with Crippen LogP contribution in [-0.4, -0.2) is 60.7 Å². The van der Waals surface area contributed by atoms with Crippen molar-refractivity contribution in [3.8, 4) is 0 Å². The Balaban J connectivity index is 1.63. The molecule has 1 fully saturated rings. The zero-order valence-corrected chi connectivity index (χ0v) is 18.3. The van der Waals surface area contributed by atoms with Crippen molar-refractivity contribution >= 4 is 33.2 Å². The molecule has 9 heteroatoms. The first-order valence-electron chi connectivity index (χ1n) is 9.43. The van der Waals surface area contributed by atoms with Crippen molar-refractivity contribution in [3.63, 3.8) is 0 Å². The Morgan fingerprint density at radius 1 is 1.17 bits per heavy atom. The third-order valence-electron chi connectivity index (χ3n) is 5.17. The number of hydrogen-bond acceptors (Lipinski definition) is 5. The number of pyridine rings is 1. The molecule has 29 heavy (non-hydrogen) atoms. The van der Waals surface area contributed by atoms with Crippen molar-refractivity contribution in [2.24, 2.45) is 0 Å². The number of nitrogens with one attached hydrogen (secondary N) is 1. The van der Waals surface area contributed by atoms with Gasteiger partial charge in [-0.05, 0) is 44.5 Å². The lowest BCUT2D eigenvalue weighted by atomic mass is 10.2. The number of amides is 1. The zero-order valence-electron chi connectivity index (χ0n) is 16.7. The summed E-state index contributed by atoms with van der Waals surface area (Å²) in [6, 6.07) is 8.32. The summed E-state index contributed by atoms with van der Waals surface area (Å²) in [5, 5.41) is 3.01. The number of aromatic nitrogens is 1. The molecule has 0 radical (unpaired) electrons. The highest BCUT2D eigenvalue weighted by atomic mass is 35.5. The minimum absolute atomic E-state index is 0.203. The van der Waals surface area contributed by atoms with Gasteiger partial charge in [-0.25, -0.2) is 13.4 Å². The van der Waals surface area contributed by atoms with Gasteiger partial charge in [-0.2, -0.15) is 4.31 Å². The summed E-state index contributed by atoms with van der Waals surface area (Å²) in [6.07, 6.45) is 1.55. The molecular formula is C20H25ClN4O3S. The summed E-state index contributed by atoms with van der Waals surface area (Å²) in [5.41, 5.74) is 2.23. The number of nitrogens with zero attached hydrogens (tertiary/aromatic N) is 3. The number of halogens is 1. The molecule has 3 rings (SSSR count). The fourth-order valence-corrected chi connectivity index (χ4v) is 5.24. The normalized spacial score (nSPS) is 17.1. The number of sulfonamides is 1. The zero-order chi connectivity index (χ0) is 21.2. The van der Waals surface area contributed by atoms with Gasteiger partial charge in [0, 0.05) is 32.4 Å². The predicted molar refractivity (Wildman–Crippen MR) is 114 cm³/mol. The van der Waals surface area contributed by atoms with Gasteiger partial charge in [0.05, 0.1) is 16.6 Å². The second-order valence-electron chi connectivity index (χ2n) is 7.22. The van der Waals surface area contributed by atoms with E-state index in [4.69, 9.17) is 11.6 Å². The van der Waals surface area contributed by atoms with E-state index in [0.717, 1.165) is 11.1 Å². The summed E-state index contributed by atoms with van der Waals surface area (Å²) in [6.45, 7) is 7.16. The molecule has 1 aliphatic rings. The quantitative estimate of drug-likeness (QED) is 0.728. The number of carbonyl (C=O) groups is 1. The van der Waals surface area contributed by atoms with Crippen LogP contribution >= 0.6 is 11.6 Å². The molecule has 0 spiro atoms. The van der Waals surface area contributed by atoms with E-state index in [-0.39, 0.29) is 11.1 Å². The fourth-order valence-electron chi connectivity index (χ4n) is 3.44. The Morgan fingerprint density at radius 2 is 1.86 bits per heavy atom. The Labute approximate surface area is 176 Å². The molecule has 2 heterocycles. The van der Waals surface area contributed by atoms with Crippen LogP contribution in [0.2, 0.25) is 5.15 Å². The molecule has 1 aromatic carbocycles. The number of anilines is 1. The van der Waals surface area contributed by atoms with Crippen LogP contribution in [0.15, 0.2) is 41.4 Å². The van der Waals surface area contributed by atoms with Gasteiger partial charge in [0.1, 0.15) is 0 Å². The van der Waals surface area contributed by atoms with Crippen LogP contribution in [-0.2, 0) is 14.8 Å². The van der Waals surface area contributed by atoms with E-state index in [1.54, 1.807) is 31.3 Å². The van der Waals surface area contributed by atoms with Gasteiger partial charge in [-0.15, -0.1) is 0 Å². The van der Waals surface area contributed by atoms with Crippen LogP contribution in [0.25, 0.3) is 0 Å². The van der Waals surface area contributed by atoms with Crippen LogP contribution in [0, 0.1) is 13.8 Å². The van der Waals surface area contributed by atoms with E-state index in [2.05, 4.69) is 10.3 Å². The highest BCUT2D eigenvalue weighted by Gasteiger charge is 2.32. The average Bonchev–Trinajstić information content (AvgIpc) is 2.69. The summed E-state index contributed by atoms with van der Waals surface area (Å²) < 4.78 is 27.5. The lowest BCUT2D eigenvalue weighted by molar-refractivity contribution is -0.121. The summed E-state index contributed by atoms with van der Waals surface area (Å²) in [7, 11) is -3.55. The number of carbonyl (C=O) groups excluding carboxylic acids is 1. The minimum Gasteiger partial charge on any atom is -0.322 e. The monoisotopic (exact) mass is 436 g/mol. The maximum Gasteiger partial charge on any atom is 0.243 e. The first-order chi connectivity index (χ1) is 13.7. The van der Waals surface area contributed by atoms with Gasteiger partial charge in [0.15, 0.2) is 5.15 Å². The first kappa shape index (κ1) is 21.7. The topological polar surface area (TPSA) is 82.6 Å². The van der Waals surface area contributed by atoms with Gasteiger partial charge in [0.2, 0.25) is 15.9 Å². The fraction of sp³-hybridized carbons (Fsp3) is 0.400. The largest absolute Gasteiger partial charge is 0.322 e. The molecule has 0 saturated carbocycles. The third kappa shape index (κ3) is 4.78. The van der Waals surface area contributed by atoms with Crippen LogP contribution in [0.3, 0.4) is 0 Å². The Morgan fingerprint density at radius 3 is 2.48 bits per heavy atom. The molecule has 1 amide bonds. The van der Waals surface area contributed by atoms with Crippen molar-refractivity contribution in [1.29, 1.82) is 0 Å². The van der Waals surface area contributed by atoms with Gasteiger partial charge in [0.25, 0.3) is 0 Å². The van der Waals surface area contributed by atoms with Crippen molar-refractivity contribution in [3.05, 3.63) is 52.8 Å². The number of aryl methyl sites for hydroxylation is 2. The van der Waals surface area contributed by atoms with Gasteiger partial charge in [-0.3, -0.25) is 9.69 Å². The number of hydrogen-bond donors (Lipinski definition) is 1.